The van der Waals surface area contributed by atoms with Crippen molar-refractivity contribution in [1.82, 2.24) is 10.6 Å². The summed E-state index contributed by atoms with van der Waals surface area (Å²) in [5, 5.41) is 6.31. The smallest absolute Gasteiger partial charge is 0.333 e. The number of rotatable bonds is 6. The summed E-state index contributed by atoms with van der Waals surface area (Å²) in [6.07, 6.45) is 1.79. The summed E-state index contributed by atoms with van der Waals surface area (Å²) in [6, 6.07) is 10.2. The molecule has 2 aromatic carbocycles. The summed E-state index contributed by atoms with van der Waals surface area (Å²) >= 11 is 0. The molecule has 0 radical (unpaired) electrons. The first-order chi connectivity index (χ1) is 17.2. The van der Waals surface area contributed by atoms with E-state index in [1.165, 1.54) is 36.4 Å². The number of hydrogen-bond acceptors (Lipinski definition) is 8. The Bertz CT molecular complexity index is 1060. The molecule has 2 saturated heterocycles. The Morgan fingerprint density at radius 3 is 1.61 bits per heavy atom. The number of benzene rings is 2. The highest BCUT2D eigenvalue weighted by molar-refractivity contribution is 5.92. The number of esters is 2. The van der Waals surface area contributed by atoms with Crippen molar-refractivity contribution in [3.05, 3.63) is 83.4 Å². The summed E-state index contributed by atoms with van der Waals surface area (Å²) in [5.41, 5.74) is 0.624. The van der Waals surface area contributed by atoms with Crippen LogP contribution in [0, 0.1) is 11.6 Å². The van der Waals surface area contributed by atoms with Gasteiger partial charge in [-0.1, -0.05) is 24.3 Å². The third-order valence-corrected chi connectivity index (χ3v) is 6.19. The second-order valence-corrected chi connectivity index (χ2v) is 8.58. The van der Waals surface area contributed by atoms with E-state index in [1.807, 2.05) is 0 Å². The molecule has 2 fully saturated rings. The molecule has 4 unspecified atom stereocenters. The minimum atomic E-state index is -1.60. The molecule has 2 N–H and O–H groups in total. The monoisotopic (exact) mass is 502 g/mol. The van der Waals surface area contributed by atoms with E-state index in [9.17, 15) is 18.4 Å². The fourth-order valence-electron chi connectivity index (χ4n) is 4.41. The molecule has 0 saturated carbocycles. The van der Waals surface area contributed by atoms with Crippen molar-refractivity contribution >= 4 is 11.9 Å². The van der Waals surface area contributed by atoms with Gasteiger partial charge in [0.25, 0.3) is 11.6 Å². The van der Waals surface area contributed by atoms with E-state index in [0.29, 0.717) is 24.2 Å². The molecule has 8 nitrogen and oxygen atoms in total. The van der Waals surface area contributed by atoms with Crippen molar-refractivity contribution in [2.75, 3.05) is 26.3 Å². The molecule has 0 aliphatic carbocycles. The van der Waals surface area contributed by atoms with Gasteiger partial charge in [0, 0.05) is 36.4 Å². The van der Waals surface area contributed by atoms with Gasteiger partial charge >= 0.3 is 11.9 Å². The predicted molar refractivity (Wildman–Crippen MR) is 124 cm³/mol. The average molecular weight is 503 g/mol. The van der Waals surface area contributed by atoms with Gasteiger partial charge in [0.2, 0.25) is 0 Å². The quantitative estimate of drug-likeness (QED) is 0.460. The number of carbonyl (C=O) groups excluding carboxylic acids is 2. The summed E-state index contributed by atoms with van der Waals surface area (Å²) in [7, 11) is 0. The number of hydrogen-bond donors (Lipinski definition) is 2. The minimum absolute atomic E-state index is 0.221. The predicted octanol–water partition coefficient (Wildman–Crippen LogP) is 2.63. The molecule has 4 atom stereocenters. The molecule has 0 aromatic heterocycles. The van der Waals surface area contributed by atoms with E-state index in [4.69, 9.17) is 18.9 Å². The van der Waals surface area contributed by atoms with Crippen LogP contribution in [0.15, 0.2) is 60.7 Å². The van der Waals surface area contributed by atoms with E-state index in [1.54, 1.807) is 26.0 Å². The van der Waals surface area contributed by atoms with Crippen LogP contribution >= 0.6 is 0 Å². The van der Waals surface area contributed by atoms with Gasteiger partial charge in [0.05, 0.1) is 25.3 Å². The first-order valence-electron chi connectivity index (χ1n) is 11.7. The van der Waals surface area contributed by atoms with Gasteiger partial charge in [-0.2, -0.15) is 0 Å². The molecule has 2 aliphatic rings. The highest BCUT2D eigenvalue weighted by atomic mass is 19.1. The molecule has 2 heterocycles. The van der Waals surface area contributed by atoms with Crippen LogP contribution in [0.1, 0.15) is 25.0 Å². The molecule has 192 valence electrons. The number of halogens is 2. The van der Waals surface area contributed by atoms with Gasteiger partial charge in [0.15, 0.2) is 0 Å². The normalized spacial score (nSPS) is 28.6. The average Bonchev–Trinajstić information content (AvgIpc) is 2.86. The fraction of sp³-hybridized carbons (Fsp3) is 0.385. The largest absolute Gasteiger partial charge is 0.424 e. The second-order valence-electron chi connectivity index (χ2n) is 8.58. The Morgan fingerprint density at radius 1 is 0.833 bits per heavy atom. The van der Waals surface area contributed by atoms with Crippen molar-refractivity contribution in [2.45, 2.75) is 37.5 Å². The highest BCUT2D eigenvalue weighted by Gasteiger charge is 2.47. The van der Waals surface area contributed by atoms with E-state index in [-0.39, 0.29) is 13.2 Å². The van der Waals surface area contributed by atoms with Gasteiger partial charge in [-0.25, -0.2) is 18.4 Å². The topological polar surface area (TPSA) is 95.1 Å². The molecule has 0 bridgehead atoms. The standard InChI is InChI=1S/C26H28F2N2O6/c1-17-25(33-13-11-29-17,19-5-3-7-21(27)15-19)35-23(31)9-10-24(32)36-26(18(2)30-12-14-34-26)20-6-4-8-22(28)16-20/h3-10,15-18,29-30H,11-14H2,1-2H3/b10-9+. The zero-order valence-corrected chi connectivity index (χ0v) is 20.0. The van der Waals surface area contributed by atoms with E-state index in [0.717, 1.165) is 12.2 Å². The van der Waals surface area contributed by atoms with Crippen molar-refractivity contribution in [1.29, 1.82) is 0 Å². The number of carbonyl (C=O) groups is 2. The molecular weight excluding hydrogens is 474 g/mol. The molecule has 36 heavy (non-hydrogen) atoms. The summed E-state index contributed by atoms with van der Waals surface area (Å²) in [4.78, 5) is 25.5. The van der Waals surface area contributed by atoms with Crippen molar-refractivity contribution in [3.8, 4) is 0 Å². The minimum Gasteiger partial charge on any atom is -0.424 e. The summed E-state index contributed by atoms with van der Waals surface area (Å²) in [5.74, 6) is -6.02. The van der Waals surface area contributed by atoms with E-state index in [2.05, 4.69) is 10.6 Å². The van der Waals surface area contributed by atoms with Crippen molar-refractivity contribution in [3.63, 3.8) is 0 Å². The first-order valence-corrected chi connectivity index (χ1v) is 11.7. The zero-order valence-electron chi connectivity index (χ0n) is 20.0. The Balaban J connectivity index is 1.53. The van der Waals surface area contributed by atoms with E-state index < -0.39 is 47.2 Å². The molecule has 0 amide bonds. The Hall–Kier alpha value is -3.18. The summed E-state index contributed by atoms with van der Waals surface area (Å²) in [6.45, 7) is 4.97. The third kappa shape index (κ3) is 5.31. The maximum absolute atomic E-state index is 13.9. The molecular formula is C26H28F2N2O6. The van der Waals surface area contributed by atoms with Crippen LogP contribution < -0.4 is 10.6 Å². The van der Waals surface area contributed by atoms with Crippen LogP contribution in [0.4, 0.5) is 8.78 Å². The molecule has 10 heteroatoms. The second kappa shape index (κ2) is 10.8. The van der Waals surface area contributed by atoms with Gasteiger partial charge in [-0.15, -0.1) is 0 Å². The molecule has 2 aliphatic heterocycles. The SMILES string of the molecule is CC1NCCOC1(OC(=O)/C=C/C(=O)OC1(c2cccc(F)c2)OCCNC1C)c1cccc(F)c1. The third-order valence-electron chi connectivity index (χ3n) is 6.19. The number of ether oxygens (including phenoxy) is 4. The van der Waals surface area contributed by atoms with Gasteiger partial charge in [-0.3, -0.25) is 0 Å². The van der Waals surface area contributed by atoms with Gasteiger partial charge in [0.1, 0.15) is 11.6 Å². The van der Waals surface area contributed by atoms with Crippen molar-refractivity contribution in [2.24, 2.45) is 0 Å². The maximum Gasteiger partial charge on any atom is 0.333 e. The molecule has 0 spiro atoms. The van der Waals surface area contributed by atoms with Crippen LogP contribution in [0.5, 0.6) is 0 Å². The lowest BCUT2D eigenvalue weighted by molar-refractivity contribution is -0.261. The Morgan fingerprint density at radius 2 is 1.25 bits per heavy atom. The van der Waals surface area contributed by atoms with Crippen LogP contribution in [0.2, 0.25) is 0 Å². The van der Waals surface area contributed by atoms with Crippen LogP contribution in [-0.4, -0.2) is 50.3 Å². The van der Waals surface area contributed by atoms with Gasteiger partial charge < -0.3 is 29.6 Å². The Kier molecular flexibility index (Phi) is 7.79. The Labute approximate surface area is 207 Å². The van der Waals surface area contributed by atoms with Crippen LogP contribution in [0.25, 0.3) is 0 Å². The van der Waals surface area contributed by atoms with Crippen LogP contribution in [-0.2, 0) is 40.1 Å². The van der Waals surface area contributed by atoms with E-state index >= 15 is 0 Å². The lowest BCUT2D eigenvalue weighted by Crippen LogP contribution is -2.56. The lowest BCUT2D eigenvalue weighted by Gasteiger charge is -2.42. The zero-order chi connectivity index (χ0) is 25.8. The van der Waals surface area contributed by atoms with Gasteiger partial charge in [-0.05, 0) is 38.1 Å². The maximum atomic E-state index is 13.9. The molecule has 2 aromatic rings. The fourth-order valence-corrected chi connectivity index (χ4v) is 4.41. The lowest BCUT2D eigenvalue weighted by atomic mass is 9.97. The van der Waals surface area contributed by atoms with Crippen LogP contribution in [0.3, 0.4) is 0 Å². The molecule has 4 rings (SSSR count). The summed E-state index contributed by atoms with van der Waals surface area (Å²) < 4.78 is 50.8. The highest BCUT2D eigenvalue weighted by Crippen LogP contribution is 2.35. The number of nitrogens with one attached hydrogen (secondary N) is 2. The number of morpholine rings is 2. The first kappa shape index (κ1) is 25.9. The van der Waals surface area contributed by atoms with Crippen molar-refractivity contribution < 1.29 is 37.3 Å².